The van der Waals surface area contributed by atoms with Crippen molar-refractivity contribution < 1.29 is 23.8 Å². The smallest absolute Gasteiger partial charge is 0.341 e. The van der Waals surface area contributed by atoms with E-state index in [1.165, 1.54) is 7.11 Å². The summed E-state index contributed by atoms with van der Waals surface area (Å²) in [4.78, 5) is 23.5. The average molecular weight is 428 g/mol. The molecule has 5 heteroatoms. The Hall–Kier alpha value is -3.96. The molecule has 0 aliphatic heterocycles. The van der Waals surface area contributed by atoms with Gasteiger partial charge in [-0.05, 0) is 53.4 Å². The lowest BCUT2D eigenvalue weighted by molar-refractivity contribution is -0.131. The lowest BCUT2D eigenvalue weighted by Gasteiger charge is -2.09. The monoisotopic (exact) mass is 428 g/mol. The van der Waals surface area contributed by atoms with Gasteiger partial charge in [0.1, 0.15) is 11.5 Å². The van der Waals surface area contributed by atoms with Gasteiger partial charge in [0.2, 0.25) is 0 Å². The van der Waals surface area contributed by atoms with Gasteiger partial charge in [-0.1, -0.05) is 61.7 Å². The van der Waals surface area contributed by atoms with Crippen molar-refractivity contribution in [3.05, 3.63) is 97.1 Å². The van der Waals surface area contributed by atoms with Crippen LogP contribution in [0.4, 0.5) is 0 Å². The highest BCUT2D eigenvalue weighted by molar-refractivity contribution is 5.90. The van der Waals surface area contributed by atoms with E-state index in [0.717, 1.165) is 22.3 Å². The van der Waals surface area contributed by atoms with Gasteiger partial charge in [0.25, 0.3) is 0 Å². The first-order chi connectivity index (χ1) is 15.4. The van der Waals surface area contributed by atoms with Gasteiger partial charge < -0.3 is 14.2 Å². The quantitative estimate of drug-likeness (QED) is 0.265. The Kier molecular flexibility index (Phi) is 7.37. The van der Waals surface area contributed by atoms with Crippen LogP contribution in [0.3, 0.4) is 0 Å². The summed E-state index contributed by atoms with van der Waals surface area (Å²) < 4.78 is 15.4. The molecule has 0 bridgehead atoms. The van der Waals surface area contributed by atoms with Gasteiger partial charge in [-0.2, -0.15) is 0 Å². The fourth-order valence-electron chi connectivity index (χ4n) is 2.89. The summed E-state index contributed by atoms with van der Waals surface area (Å²) in [5, 5.41) is 0. The zero-order chi connectivity index (χ0) is 23.1. The Morgan fingerprint density at radius 3 is 1.34 bits per heavy atom. The number of benzene rings is 3. The molecule has 5 nitrogen and oxygen atoms in total. The zero-order valence-electron chi connectivity index (χ0n) is 18.1. The molecule has 0 unspecified atom stereocenters. The summed E-state index contributed by atoms with van der Waals surface area (Å²) in [6.45, 7) is 8.95. The fourth-order valence-corrected chi connectivity index (χ4v) is 2.89. The molecular weight excluding hydrogens is 404 g/mol. The molecule has 3 aromatic carbocycles. The summed E-state index contributed by atoms with van der Waals surface area (Å²) in [5.41, 5.74) is 4.68. The highest BCUT2D eigenvalue weighted by atomic mass is 16.5. The number of ether oxygens (including phenoxy) is 3. The third-order valence-corrected chi connectivity index (χ3v) is 4.64. The predicted molar refractivity (Wildman–Crippen MR) is 124 cm³/mol. The molecule has 0 radical (unpaired) electrons. The molecule has 0 amide bonds. The summed E-state index contributed by atoms with van der Waals surface area (Å²) in [6, 6.07) is 22.7. The molecule has 0 heterocycles. The topological polar surface area (TPSA) is 61.8 Å². The summed E-state index contributed by atoms with van der Waals surface area (Å²) >= 11 is 0. The molecule has 0 saturated heterocycles. The number of hydrogen-bond donors (Lipinski definition) is 0. The summed E-state index contributed by atoms with van der Waals surface area (Å²) in [5.74, 6) is -0.0304. The predicted octanol–water partition coefficient (Wildman–Crippen LogP) is 5.61. The van der Waals surface area contributed by atoms with Gasteiger partial charge in [0.05, 0.1) is 12.2 Å². The third-order valence-electron chi connectivity index (χ3n) is 4.64. The Morgan fingerprint density at radius 2 is 1.00 bits per heavy atom. The molecule has 3 aromatic rings. The number of esters is 2. The van der Waals surface area contributed by atoms with Crippen molar-refractivity contribution in [3.63, 3.8) is 0 Å². The molecule has 3 rings (SSSR count). The first-order valence-corrected chi connectivity index (χ1v) is 9.95. The van der Waals surface area contributed by atoms with Crippen molar-refractivity contribution in [3.8, 4) is 33.8 Å². The summed E-state index contributed by atoms with van der Waals surface area (Å²) in [6.07, 6.45) is 0. The van der Waals surface area contributed by atoms with E-state index in [2.05, 4.69) is 13.2 Å². The van der Waals surface area contributed by atoms with E-state index in [4.69, 9.17) is 14.2 Å². The van der Waals surface area contributed by atoms with E-state index in [-0.39, 0.29) is 12.2 Å². The van der Waals surface area contributed by atoms with E-state index in [9.17, 15) is 9.59 Å². The molecule has 0 aliphatic carbocycles. The molecular formula is C27H24O5. The maximum absolute atomic E-state index is 11.9. The standard InChI is InChI=1S/C27H24O5/c1-18(2)26(28)31-24-13-9-22(10-14-24)20-5-7-21(8-6-20)23-11-15-25(16-12-23)32-27(29)19(3)17-30-4/h5-16H,1,3,17H2,2,4H3. The van der Waals surface area contributed by atoms with Crippen LogP contribution >= 0.6 is 0 Å². The highest BCUT2D eigenvalue weighted by Crippen LogP contribution is 2.27. The lowest BCUT2D eigenvalue weighted by atomic mass is 10.0. The van der Waals surface area contributed by atoms with Gasteiger partial charge in [0.15, 0.2) is 0 Å². The maximum Gasteiger partial charge on any atom is 0.341 e. The Balaban J connectivity index is 1.66. The minimum Gasteiger partial charge on any atom is -0.423 e. The summed E-state index contributed by atoms with van der Waals surface area (Å²) in [7, 11) is 1.50. The van der Waals surface area contributed by atoms with Crippen molar-refractivity contribution in [2.75, 3.05) is 13.7 Å². The Morgan fingerprint density at radius 1 is 0.656 bits per heavy atom. The second-order valence-corrected chi connectivity index (χ2v) is 7.22. The van der Waals surface area contributed by atoms with Crippen LogP contribution in [0.15, 0.2) is 97.1 Å². The second-order valence-electron chi connectivity index (χ2n) is 7.22. The number of rotatable bonds is 8. The average Bonchev–Trinajstić information content (AvgIpc) is 2.80. The molecule has 0 aliphatic rings. The van der Waals surface area contributed by atoms with Crippen LogP contribution in [0, 0.1) is 0 Å². The van der Waals surface area contributed by atoms with Crippen molar-refractivity contribution in [2.45, 2.75) is 6.92 Å². The molecule has 32 heavy (non-hydrogen) atoms. The lowest BCUT2D eigenvalue weighted by Crippen LogP contribution is -2.13. The maximum atomic E-state index is 11.9. The van der Waals surface area contributed by atoms with Crippen LogP contribution in [-0.4, -0.2) is 25.7 Å². The van der Waals surface area contributed by atoms with Crippen LogP contribution in [-0.2, 0) is 14.3 Å². The van der Waals surface area contributed by atoms with Crippen LogP contribution in [0.1, 0.15) is 6.92 Å². The van der Waals surface area contributed by atoms with Crippen LogP contribution < -0.4 is 9.47 Å². The van der Waals surface area contributed by atoms with Gasteiger partial charge in [-0.15, -0.1) is 0 Å². The zero-order valence-corrected chi connectivity index (χ0v) is 18.1. The van der Waals surface area contributed by atoms with Gasteiger partial charge in [0, 0.05) is 12.7 Å². The highest BCUT2D eigenvalue weighted by Gasteiger charge is 2.10. The molecule has 0 aromatic heterocycles. The Labute approximate surface area is 187 Å². The third kappa shape index (κ3) is 5.80. The molecule has 162 valence electrons. The fraction of sp³-hybridized carbons (Fsp3) is 0.111. The van der Waals surface area contributed by atoms with Crippen LogP contribution in [0.25, 0.3) is 22.3 Å². The van der Waals surface area contributed by atoms with Crippen molar-refractivity contribution in [2.24, 2.45) is 0 Å². The Bertz CT molecular complexity index is 1120. The van der Waals surface area contributed by atoms with E-state index in [0.29, 0.717) is 17.1 Å². The largest absolute Gasteiger partial charge is 0.423 e. The minimum absolute atomic E-state index is 0.131. The van der Waals surface area contributed by atoms with E-state index in [1.807, 2.05) is 48.5 Å². The molecule has 0 atom stereocenters. The van der Waals surface area contributed by atoms with Crippen molar-refractivity contribution in [1.82, 2.24) is 0 Å². The number of carbonyl (C=O) groups excluding carboxylic acids is 2. The van der Waals surface area contributed by atoms with E-state index >= 15 is 0 Å². The molecule has 0 fully saturated rings. The van der Waals surface area contributed by atoms with E-state index < -0.39 is 11.9 Å². The minimum atomic E-state index is -0.510. The van der Waals surface area contributed by atoms with Crippen LogP contribution in [0.5, 0.6) is 11.5 Å². The number of carbonyl (C=O) groups is 2. The molecule has 0 saturated carbocycles. The van der Waals surface area contributed by atoms with Gasteiger partial charge in [-0.25, -0.2) is 9.59 Å². The number of hydrogen-bond acceptors (Lipinski definition) is 5. The molecule has 0 spiro atoms. The first-order valence-electron chi connectivity index (χ1n) is 9.95. The van der Waals surface area contributed by atoms with Crippen molar-refractivity contribution in [1.29, 1.82) is 0 Å². The van der Waals surface area contributed by atoms with Crippen LogP contribution in [0.2, 0.25) is 0 Å². The second kappa shape index (κ2) is 10.4. The van der Waals surface area contributed by atoms with Gasteiger partial charge in [-0.3, -0.25) is 0 Å². The normalized spacial score (nSPS) is 10.3. The van der Waals surface area contributed by atoms with Crippen molar-refractivity contribution >= 4 is 11.9 Å². The first kappa shape index (κ1) is 22.7. The van der Waals surface area contributed by atoms with Gasteiger partial charge >= 0.3 is 11.9 Å². The van der Waals surface area contributed by atoms with E-state index in [1.54, 1.807) is 31.2 Å². The SMILES string of the molecule is C=C(C)C(=O)Oc1ccc(-c2ccc(-c3ccc(OC(=O)C(=C)COC)cc3)cc2)cc1. The molecule has 0 N–H and O–H groups in total. The number of methoxy groups -OCH3 is 1.